The first-order valence-electron chi connectivity index (χ1n) is 10.4. The molecule has 6 heteroatoms. The highest BCUT2D eigenvalue weighted by Gasteiger charge is 2.38. The summed E-state index contributed by atoms with van der Waals surface area (Å²) in [5, 5.41) is 0. The average molecular weight is 408 g/mol. The van der Waals surface area contributed by atoms with E-state index in [9.17, 15) is 14.4 Å². The van der Waals surface area contributed by atoms with Crippen LogP contribution in [0.2, 0.25) is 0 Å². The Balaban J connectivity index is 1.75. The Kier molecular flexibility index (Phi) is 7.00. The van der Waals surface area contributed by atoms with Crippen LogP contribution in [0.3, 0.4) is 0 Å². The Hall–Kier alpha value is -2.99. The maximum Gasteiger partial charge on any atom is 0.318 e. The molecule has 1 heterocycles. The fourth-order valence-electron chi connectivity index (χ4n) is 3.84. The van der Waals surface area contributed by atoms with Gasteiger partial charge in [0.2, 0.25) is 5.91 Å². The number of benzene rings is 2. The second-order valence-corrected chi connectivity index (χ2v) is 8.22. The quantitative estimate of drug-likeness (QED) is 0.746. The summed E-state index contributed by atoms with van der Waals surface area (Å²) in [6, 6.07) is 17.3. The summed E-state index contributed by atoms with van der Waals surface area (Å²) in [6.45, 7) is 5.38. The Morgan fingerprint density at radius 3 is 2.47 bits per heavy atom. The number of imide groups is 1. The van der Waals surface area contributed by atoms with Crippen LogP contribution in [0, 0.1) is 5.92 Å². The van der Waals surface area contributed by atoms with Gasteiger partial charge in [0.1, 0.15) is 0 Å². The van der Waals surface area contributed by atoms with E-state index in [4.69, 9.17) is 5.73 Å². The summed E-state index contributed by atoms with van der Waals surface area (Å²) in [5.74, 6) is -1.56. The molecule has 2 aromatic rings. The van der Waals surface area contributed by atoms with E-state index < -0.39 is 11.8 Å². The van der Waals surface area contributed by atoms with E-state index in [0.29, 0.717) is 19.6 Å². The molecule has 30 heavy (non-hydrogen) atoms. The van der Waals surface area contributed by atoms with Gasteiger partial charge in [0.25, 0.3) is 0 Å². The topological polar surface area (TPSA) is 83.7 Å². The lowest BCUT2D eigenvalue weighted by Crippen LogP contribution is -2.46. The molecular weight excluding hydrogens is 378 g/mol. The normalized spacial score (nSPS) is 16.2. The number of amides is 3. The van der Waals surface area contributed by atoms with Crippen LogP contribution in [-0.4, -0.2) is 40.6 Å². The van der Waals surface area contributed by atoms with Crippen molar-refractivity contribution in [3.63, 3.8) is 0 Å². The molecule has 0 aliphatic carbocycles. The number of hydrogen-bond donors (Lipinski definition) is 1. The van der Waals surface area contributed by atoms with E-state index in [0.717, 1.165) is 21.6 Å². The summed E-state index contributed by atoms with van der Waals surface area (Å²) in [7, 11) is 0. The van der Waals surface area contributed by atoms with Gasteiger partial charge in [-0.25, -0.2) is 0 Å². The van der Waals surface area contributed by atoms with E-state index in [-0.39, 0.29) is 30.7 Å². The SMILES string of the molecule is CC(C)CN(Cc1cccc(CN)c1)C(=O)C(=O)N1CC(c2ccccc2)CC1=O. The predicted molar refractivity (Wildman–Crippen MR) is 115 cm³/mol. The number of nitrogens with zero attached hydrogens (tertiary/aromatic N) is 2. The third kappa shape index (κ3) is 5.13. The zero-order valence-corrected chi connectivity index (χ0v) is 17.6. The first-order valence-corrected chi connectivity index (χ1v) is 10.4. The van der Waals surface area contributed by atoms with Gasteiger partial charge in [-0.05, 0) is 22.6 Å². The predicted octanol–water partition coefficient (Wildman–Crippen LogP) is 2.67. The van der Waals surface area contributed by atoms with Gasteiger partial charge in [-0.1, -0.05) is 68.4 Å². The van der Waals surface area contributed by atoms with Gasteiger partial charge in [-0.3, -0.25) is 19.3 Å². The second kappa shape index (κ2) is 9.67. The standard InChI is InChI=1S/C24H29N3O3/c1-17(2)14-26(15-19-8-6-7-18(11-19)13-25)23(29)24(30)27-16-21(12-22(27)28)20-9-4-3-5-10-20/h3-11,17,21H,12-16,25H2,1-2H3. The van der Waals surface area contributed by atoms with Crippen molar-refractivity contribution in [1.29, 1.82) is 0 Å². The van der Waals surface area contributed by atoms with Crippen LogP contribution >= 0.6 is 0 Å². The van der Waals surface area contributed by atoms with E-state index in [1.54, 1.807) is 0 Å². The number of likely N-dealkylation sites (tertiary alicyclic amines) is 1. The van der Waals surface area contributed by atoms with E-state index >= 15 is 0 Å². The van der Waals surface area contributed by atoms with Crippen molar-refractivity contribution in [1.82, 2.24) is 9.80 Å². The maximum absolute atomic E-state index is 13.1. The molecule has 1 saturated heterocycles. The molecule has 0 bridgehead atoms. The van der Waals surface area contributed by atoms with Crippen LogP contribution in [0.4, 0.5) is 0 Å². The first-order chi connectivity index (χ1) is 14.4. The summed E-state index contributed by atoms with van der Waals surface area (Å²) in [6.07, 6.45) is 0.242. The van der Waals surface area contributed by atoms with E-state index in [1.165, 1.54) is 4.90 Å². The van der Waals surface area contributed by atoms with E-state index in [1.807, 2.05) is 68.4 Å². The smallest absolute Gasteiger partial charge is 0.318 e. The zero-order valence-electron chi connectivity index (χ0n) is 17.6. The van der Waals surface area contributed by atoms with Crippen molar-refractivity contribution in [2.75, 3.05) is 13.1 Å². The van der Waals surface area contributed by atoms with Crippen LogP contribution in [-0.2, 0) is 27.5 Å². The van der Waals surface area contributed by atoms with Crippen LogP contribution in [0.25, 0.3) is 0 Å². The highest BCUT2D eigenvalue weighted by molar-refractivity contribution is 6.37. The van der Waals surface area contributed by atoms with Crippen LogP contribution in [0.5, 0.6) is 0 Å². The van der Waals surface area contributed by atoms with Gasteiger partial charge in [-0.15, -0.1) is 0 Å². The minimum absolute atomic E-state index is 0.0739. The molecular formula is C24H29N3O3. The molecule has 2 aromatic carbocycles. The van der Waals surface area contributed by atoms with Crippen molar-refractivity contribution in [3.8, 4) is 0 Å². The molecule has 2 N–H and O–H groups in total. The van der Waals surface area contributed by atoms with Crippen LogP contribution < -0.4 is 5.73 Å². The fraction of sp³-hybridized carbons (Fsp3) is 0.375. The molecule has 6 nitrogen and oxygen atoms in total. The van der Waals surface area contributed by atoms with E-state index in [2.05, 4.69) is 0 Å². The van der Waals surface area contributed by atoms with Crippen LogP contribution in [0.15, 0.2) is 54.6 Å². The molecule has 3 amide bonds. The lowest BCUT2D eigenvalue weighted by Gasteiger charge is -2.26. The lowest BCUT2D eigenvalue weighted by molar-refractivity contribution is -0.155. The number of hydrogen-bond acceptors (Lipinski definition) is 4. The Labute approximate surface area is 177 Å². The molecule has 1 aliphatic rings. The minimum atomic E-state index is -0.742. The molecule has 1 fully saturated rings. The summed E-state index contributed by atoms with van der Waals surface area (Å²) in [4.78, 5) is 41.2. The van der Waals surface area contributed by atoms with Crippen molar-refractivity contribution in [2.45, 2.75) is 39.3 Å². The van der Waals surface area contributed by atoms with Gasteiger partial charge < -0.3 is 10.6 Å². The van der Waals surface area contributed by atoms with Crippen molar-refractivity contribution >= 4 is 17.7 Å². The Morgan fingerprint density at radius 1 is 1.10 bits per heavy atom. The third-order valence-electron chi connectivity index (χ3n) is 5.30. The Bertz CT molecular complexity index is 911. The van der Waals surface area contributed by atoms with Crippen molar-refractivity contribution in [3.05, 3.63) is 71.3 Å². The molecule has 1 aliphatic heterocycles. The third-order valence-corrected chi connectivity index (χ3v) is 5.30. The summed E-state index contributed by atoms with van der Waals surface area (Å²) < 4.78 is 0. The molecule has 1 atom stereocenters. The second-order valence-electron chi connectivity index (χ2n) is 8.22. The van der Waals surface area contributed by atoms with Gasteiger partial charge >= 0.3 is 11.8 Å². The zero-order chi connectivity index (χ0) is 21.7. The molecule has 0 spiro atoms. The molecule has 3 rings (SSSR count). The summed E-state index contributed by atoms with van der Waals surface area (Å²) >= 11 is 0. The van der Waals surface area contributed by atoms with Gasteiger partial charge in [0.15, 0.2) is 0 Å². The summed E-state index contributed by atoms with van der Waals surface area (Å²) in [5.41, 5.74) is 8.60. The van der Waals surface area contributed by atoms with Gasteiger partial charge in [0.05, 0.1) is 0 Å². The molecule has 0 radical (unpaired) electrons. The number of rotatable bonds is 6. The fourth-order valence-corrected chi connectivity index (χ4v) is 3.84. The highest BCUT2D eigenvalue weighted by Crippen LogP contribution is 2.28. The molecule has 1 unspecified atom stereocenters. The monoisotopic (exact) mass is 407 g/mol. The average Bonchev–Trinajstić information content (AvgIpc) is 3.14. The first kappa shape index (κ1) is 21.7. The minimum Gasteiger partial charge on any atom is -0.330 e. The Morgan fingerprint density at radius 2 is 1.80 bits per heavy atom. The molecule has 0 aromatic heterocycles. The van der Waals surface area contributed by atoms with Gasteiger partial charge in [0, 0.05) is 38.5 Å². The lowest BCUT2D eigenvalue weighted by atomic mass is 9.99. The van der Waals surface area contributed by atoms with Crippen molar-refractivity contribution < 1.29 is 14.4 Å². The van der Waals surface area contributed by atoms with Crippen molar-refractivity contribution in [2.24, 2.45) is 11.7 Å². The van der Waals surface area contributed by atoms with Crippen LogP contribution in [0.1, 0.15) is 42.9 Å². The molecule has 158 valence electrons. The largest absolute Gasteiger partial charge is 0.330 e. The number of carbonyl (C=O) groups is 3. The highest BCUT2D eigenvalue weighted by atomic mass is 16.2. The number of carbonyl (C=O) groups excluding carboxylic acids is 3. The van der Waals surface area contributed by atoms with Gasteiger partial charge in [-0.2, -0.15) is 0 Å². The molecule has 0 saturated carbocycles. The maximum atomic E-state index is 13.1. The number of nitrogens with two attached hydrogens (primary N) is 1.